The highest BCUT2D eigenvalue weighted by Gasteiger charge is 2.33. The molecule has 1 atom stereocenters. The lowest BCUT2D eigenvalue weighted by molar-refractivity contribution is -0.137. The monoisotopic (exact) mass is 479 g/mol. The molecule has 3 aromatic carbocycles. The molecule has 1 heterocycles. The van der Waals surface area contributed by atoms with E-state index in [1.807, 2.05) is 85.5 Å². The smallest absolute Gasteiger partial charge is 0.244 e. The van der Waals surface area contributed by atoms with E-state index < -0.39 is 0 Å². The summed E-state index contributed by atoms with van der Waals surface area (Å²) in [7, 11) is 0. The van der Waals surface area contributed by atoms with Crippen molar-refractivity contribution in [3.05, 3.63) is 89.2 Å². The Hall–Kier alpha value is -2.89. The Bertz CT molecular complexity index is 1090. The van der Waals surface area contributed by atoms with Crippen LogP contribution in [-0.2, 0) is 4.79 Å². The van der Waals surface area contributed by atoms with E-state index in [0.717, 1.165) is 16.7 Å². The molecular formula is C28H31ClFN3O. The van der Waals surface area contributed by atoms with Crippen molar-refractivity contribution in [2.24, 2.45) is 0 Å². The Morgan fingerprint density at radius 2 is 1.53 bits per heavy atom. The number of piperazine rings is 1. The van der Waals surface area contributed by atoms with Crippen molar-refractivity contribution in [1.29, 1.82) is 0 Å². The maximum atomic E-state index is 15.1. The van der Waals surface area contributed by atoms with Gasteiger partial charge in [-0.2, -0.15) is 0 Å². The van der Waals surface area contributed by atoms with Gasteiger partial charge in [-0.25, -0.2) is 4.39 Å². The first-order valence-electron chi connectivity index (χ1n) is 11.9. The van der Waals surface area contributed by atoms with Crippen LogP contribution in [0.4, 0.5) is 10.1 Å². The average molecular weight is 480 g/mol. The molecule has 178 valence electrons. The van der Waals surface area contributed by atoms with Crippen LogP contribution in [-0.4, -0.2) is 55.0 Å². The average Bonchev–Trinajstić information content (AvgIpc) is 2.87. The highest BCUT2D eigenvalue weighted by Crippen LogP contribution is 2.30. The number of likely N-dealkylation sites (N-methyl/N-ethyl adjacent to an activating group) is 1. The van der Waals surface area contributed by atoms with Crippen LogP contribution >= 0.6 is 11.6 Å². The highest BCUT2D eigenvalue weighted by molar-refractivity contribution is 6.30. The zero-order valence-corrected chi connectivity index (χ0v) is 20.5. The molecule has 0 aliphatic carbocycles. The molecule has 34 heavy (non-hydrogen) atoms. The van der Waals surface area contributed by atoms with Crippen LogP contribution < -0.4 is 4.90 Å². The largest absolute Gasteiger partial charge is 0.367 e. The highest BCUT2D eigenvalue weighted by atomic mass is 35.5. The van der Waals surface area contributed by atoms with E-state index >= 15 is 4.39 Å². The molecule has 1 aliphatic rings. The van der Waals surface area contributed by atoms with E-state index in [-0.39, 0.29) is 17.8 Å². The molecule has 1 saturated heterocycles. The zero-order valence-electron chi connectivity index (χ0n) is 19.8. The van der Waals surface area contributed by atoms with E-state index in [0.29, 0.717) is 50.0 Å². The Balaban J connectivity index is 1.50. The predicted octanol–water partition coefficient (Wildman–Crippen LogP) is 5.88. The van der Waals surface area contributed by atoms with E-state index in [1.165, 1.54) is 0 Å². The Labute approximate surface area is 206 Å². The van der Waals surface area contributed by atoms with Crippen LogP contribution in [0.2, 0.25) is 5.02 Å². The maximum absolute atomic E-state index is 15.1. The lowest BCUT2D eigenvalue weighted by Gasteiger charge is -2.41. The van der Waals surface area contributed by atoms with Crippen molar-refractivity contribution >= 4 is 23.2 Å². The van der Waals surface area contributed by atoms with Gasteiger partial charge in [-0.05, 0) is 54.8 Å². The summed E-state index contributed by atoms with van der Waals surface area (Å²) in [5.74, 6) is -0.108. The molecule has 1 fully saturated rings. The van der Waals surface area contributed by atoms with Crippen molar-refractivity contribution < 1.29 is 9.18 Å². The molecule has 0 spiro atoms. The molecule has 1 amide bonds. The summed E-state index contributed by atoms with van der Waals surface area (Å²) in [6.45, 7) is 8.08. The molecule has 0 aromatic heterocycles. The number of hydrogen-bond acceptors (Lipinski definition) is 3. The molecule has 0 radical (unpaired) electrons. The summed E-state index contributed by atoms with van der Waals surface area (Å²) in [6.07, 6.45) is 0. The second-order valence-electron chi connectivity index (χ2n) is 8.52. The molecule has 0 saturated carbocycles. The Kier molecular flexibility index (Phi) is 7.86. The maximum Gasteiger partial charge on any atom is 0.244 e. The standard InChI is InChI=1S/C28H31ClFN3O/c1-3-31(4-2)28(34)27(22-8-6-5-7-9-22)33-18-16-32(17-19-33)26-15-12-23(20-25(26)30)21-10-13-24(29)14-11-21/h5-15,20,27H,3-4,16-19H2,1-2H3. The zero-order chi connectivity index (χ0) is 24.1. The first-order valence-corrected chi connectivity index (χ1v) is 12.3. The summed E-state index contributed by atoms with van der Waals surface area (Å²) in [4.78, 5) is 19.6. The summed E-state index contributed by atoms with van der Waals surface area (Å²) < 4.78 is 15.1. The summed E-state index contributed by atoms with van der Waals surface area (Å²) in [5.41, 5.74) is 3.36. The number of halogens is 2. The SMILES string of the molecule is CCN(CC)C(=O)C(c1ccccc1)N1CCN(c2ccc(-c3ccc(Cl)cc3)cc2F)CC1. The number of carbonyl (C=O) groups excluding carboxylic acids is 1. The van der Waals surface area contributed by atoms with E-state index in [4.69, 9.17) is 11.6 Å². The van der Waals surface area contributed by atoms with Gasteiger partial charge in [0.2, 0.25) is 5.91 Å². The molecular weight excluding hydrogens is 449 g/mol. The number of anilines is 1. The van der Waals surface area contributed by atoms with Gasteiger partial charge in [0.1, 0.15) is 11.9 Å². The van der Waals surface area contributed by atoms with Crippen molar-refractivity contribution in [2.45, 2.75) is 19.9 Å². The van der Waals surface area contributed by atoms with Crippen LogP contribution in [0, 0.1) is 5.82 Å². The summed E-state index contributed by atoms with van der Waals surface area (Å²) in [6, 6.07) is 22.4. The third kappa shape index (κ3) is 5.26. The van der Waals surface area contributed by atoms with Crippen LogP contribution in [0.25, 0.3) is 11.1 Å². The number of benzene rings is 3. The summed E-state index contributed by atoms with van der Waals surface area (Å²) in [5, 5.41) is 0.659. The van der Waals surface area contributed by atoms with E-state index in [9.17, 15) is 4.79 Å². The molecule has 3 aromatic rings. The topological polar surface area (TPSA) is 26.8 Å². The number of nitrogens with zero attached hydrogens (tertiary/aromatic N) is 3. The van der Waals surface area contributed by atoms with Gasteiger partial charge in [-0.15, -0.1) is 0 Å². The minimum absolute atomic E-state index is 0.128. The summed E-state index contributed by atoms with van der Waals surface area (Å²) >= 11 is 5.98. The Morgan fingerprint density at radius 3 is 2.12 bits per heavy atom. The van der Waals surface area contributed by atoms with Crippen LogP contribution in [0.1, 0.15) is 25.5 Å². The first kappa shape index (κ1) is 24.2. The molecule has 0 bridgehead atoms. The van der Waals surface area contributed by atoms with Crippen molar-refractivity contribution in [2.75, 3.05) is 44.2 Å². The van der Waals surface area contributed by atoms with Gasteiger partial charge >= 0.3 is 0 Å². The van der Waals surface area contributed by atoms with Crippen molar-refractivity contribution in [1.82, 2.24) is 9.80 Å². The van der Waals surface area contributed by atoms with Crippen LogP contribution in [0.3, 0.4) is 0 Å². The van der Waals surface area contributed by atoms with Crippen LogP contribution in [0.5, 0.6) is 0 Å². The number of hydrogen-bond donors (Lipinski definition) is 0. The van der Waals surface area contributed by atoms with Crippen LogP contribution in [0.15, 0.2) is 72.8 Å². The molecule has 0 N–H and O–H groups in total. The predicted molar refractivity (Wildman–Crippen MR) is 138 cm³/mol. The Morgan fingerprint density at radius 1 is 0.912 bits per heavy atom. The van der Waals surface area contributed by atoms with Crippen molar-refractivity contribution in [3.63, 3.8) is 0 Å². The fraction of sp³-hybridized carbons (Fsp3) is 0.321. The minimum Gasteiger partial charge on any atom is -0.367 e. The number of carbonyl (C=O) groups is 1. The van der Waals surface area contributed by atoms with E-state index in [2.05, 4.69) is 9.80 Å². The molecule has 1 aliphatic heterocycles. The van der Waals surface area contributed by atoms with Crippen molar-refractivity contribution in [3.8, 4) is 11.1 Å². The van der Waals surface area contributed by atoms with Gasteiger partial charge in [0.15, 0.2) is 0 Å². The van der Waals surface area contributed by atoms with E-state index in [1.54, 1.807) is 6.07 Å². The quantitative estimate of drug-likeness (QED) is 0.423. The fourth-order valence-corrected chi connectivity index (χ4v) is 4.79. The molecule has 6 heteroatoms. The number of rotatable bonds is 7. The number of amides is 1. The van der Waals surface area contributed by atoms with Gasteiger partial charge in [0, 0.05) is 44.3 Å². The normalized spacial score (nSPS) is 15.2. The fourth-order valence-electron chi connectivity index (χ4n) is 4.66. The van der Waals surface area contributed by atoms with Gasteiger partial charge in [-0.3, -0.25) is 9.69 Å². The van der Waals surface area contributed by atoms with Gasteiger partial charge < -0.3 is 9.80 Å². The third-order valence-corrected chi connectivity index (χ3v) is 6.82. The first-order chi connectivity index (χ1) is 16.5. The van der Waals surface area contributed by atoms with Gasteiger partial charge in [0.25, 0.3) is 0 Å². The third-order valence-electron chi connectivity index (χ3n) is 6.57. The second kappa shape index (κ2) is 11.0. The lowest BCUT2D eigenvalue weighted by atomic mass is 10.0. The van der Waals surface area contributed by atoms with Gasteiger partial charge in [-0.1, -0.05) is 60.1 Å². The lowest BCUT2D eigenvalue weighted by Crippen LogP contribution is -2.51. The molecule has 4 nitrogen and oxygen atoms in total. The molecule has 1 unspecified atom stereocenters. The van der Waals surface area contributed by atoms with Gasteiger partial charge in [0.05, 0.1) is 5.69 Å². The minimum atomic E-state index is -0.319. The second-order valence-corrected chi connectivity index (χ2v) is 8.96. The molecule has 4 rings (SSSR count).